The Morgan fingerprint density at radius 1 is 0.761 bits per heavy atom. The second-order valence-electron chi connectivity index (χ2n) is 8.48. The third kappa shape index (κ3) is 12.7. The summed E-state index contributed by atoms with van der Waals surface area (Å²) in [7, 11) is 0. The van der Waals surface area contributed by atoms with Crippen LogP contribution in [-0.4, -0.2) is 32.0 Å². The van der Waals surface area contributed by atoms with Crippen LogP contribution in [0.15, 0.2) is 53.5 Å². The number of aromatic nitrogens is 4. The van der Waals surface area contributed by atoms with Crippen LogP contribution in [0.1, 0.15) is 22.5 Å². The Bertz CT molecular complexity index is 1680. The fourth-order valence-electron chi connectivity index (χ4n) is 3.07. The molecule has 0 aliphatic heterocycles. The molecule has 0 spiro atoms. The molecule has 2 amide bonds. The number of nitrogens with one attached hydrogen (secondary N) is 2. The van der Waals surface area contributed by atoms with Crippen molar-refractivity contribution in [3.63, 3.8) is 0 Å². The molecule has 0 aliphatic carbocycles. The number of nitrogen functional groups attached to an aromatic ring is 1. The molecule has 0 fully saturated rings. The van der Waals surface area contributed by atoms with Gasteiger partial charge < -0.3 is 11.1 Å². The van der Waals surface area contributed by atoms with E-state index >= 15 is 0 Å². The molecule has 0 unspecified atom stereocenters. The van der Waals surface area contributed by atoms with Crippen LogP contribution in [0.3, 0.4) is 0 Å². The molecule has 0 radical (unpaired) electrons. The molecule has 0 bridgehead atoms. The summed E-state index contributed by atoms with van der Waals surface area (Å²) in [6.07, 6.45) is -8.03. The minimum absolute atomic E-state index is 0.0718. The first-order valence-electron chi connectivity index (χ1n) is 12.0. The molecule has 20 heteroatoms. The van der Waals surface area contributed by atoms with Crippen molar-refractivity contribution in [2.24, 2.45) is 4.99 Å². The number of anilines is 3. The van der Waals surface area contributed by atoms with E-state index in [4.69, 9.17) is 52.1 Å². The molecule has 46 heavy (non-hydrogen) atoms. The summed E-state index contributed by atoms with van der Waals surface area (Å²) in [4.78, 5) is 39.8. The molecule has 244 valence electrons. The van der Waals surface area contributed by atoms with E-state index in [2.05, 4.69) is 35.6 Å². The standard InChI is InChI=1S/C13H9Cl2F3N4O.C8H3ClF3NO.C5H6ClN3/c1-6-4-10(15)21-11(19-6)22-12(23)20-7-2-3-9(14)8(5-7)13(16,17)18;9-7-2-1-5(13-4-14)3-6(7)8(10,11)12;1-3-2-4(6)9-5(7)8-3/h2-5H,1H3,(H2,19,20,21,22,23);1-3H;2H,1H3,(H2,7,8,9). The van der Waals surface area contributed by atoms with Crippen molar-refractivity contribution in [3.05, 3.63) is 91.4 Å². The van der Waals surface area contributed by atoms with Gasteiger partial charge in [-0.3, -0.25) is 5.32 Å². The zero-order valence-electron chi connectivity index (χ0n) is 23.0. The van der Waals surface area contributed by atoms with Crippen LogP contribution < -0.4 is 16.4 Å². The molecule has 4 rings (SSSR count). The van der Waals surface area contributed by atoms with Crippen molar-refractivity contribution >= 4 is 81.8 Å². The summed E-state index contributed by atoms with van der Waals surface area (Å²) in [5, 5.41) is 4.13. The molecule has 2 aromatic carbocycles. The summed E-state index contributed by atoms with van der Waals surface area (Å²) in [5.74, 6) is 0.150. The van der Waals surface area contributed by atoms with Crippen molar-refractivity contribution in [2.75, 3.05) is 16.4 Å². The molecule has 0 atom stereocenters. The Balaban J connectivity index is 0.000000270. The summed E-state index contributed by atoms with van der Waals surface area (Å²) in [5.41, 5.74) is 4.28. The quantitative estimate of drug-likeness (QED) is 0.0824. The van der Waals surface area contributed by atoms with E-state index in [9.17, 15) is 35.9 Å². The second kappa shape index (κ2) is 16.4. The lowest BCUT2D eigenvalue weighted by Crippen LogP contribution is -2.21. The van der Waals surface area contributed by atoms with Crippen LogP contribution in [0.4, 0.5) is 54.4 Å². The molecular weight excluding hydrogens is 712 g/mol. The first kappa shape index (κ1) is 38.0. The second-order valence-corrected chi connectivity index (χ2v) is 10.1. The summed E-state index contributed by atoms with van der Waals surface area (Å²) >= 11 is 22.1. The summed E-state index contributed by atoms with van der Waals surface area (Å²) in [6, 6.07) is 8.24. The van der Waals surface area contributed by atoms with Gasteiger partial charge in [-0.05, 0) is 62.4 Å². The van der Waals surface area contributed by atoms with Crippen LogP contribution in [0.2, 0.25) is 20.4 Å². The number of isocyanates is 1. The SMILES string of the molecule is Cc1cc(Cl)nc(N)n1.Cc1cc(Cl)nc(NC(=O)Nc2ccc(Cl)c(C(F)(F)F)c2)n1.O=C=Nc1ccc(Cl)c(C(F)(F)F)c1. The average molecular weight is 730 g/mol. The third-order valence-corrected chi connectivity index (χ3v) is 5.89. The van der Waals surface area contributed by atoms with Gasteiger partial charge in [-0.25, -0.2) is 29.5 Å². The van der Waals surface area contributed by atoms with Crippen LogP contribution in [0.25, 0.3) is 0 Å². The van der Waals surface area contributed by atoms with Gasteiger partial charge in [-0.1, -0.05) is 46.4 Å². The lowest BCUT2D eigenvalue weighted by atomic mass is 10.2. The van der Waals surface area contributed by atoms with Crippen molar-refractivity contribution in [1.82, 2.24) is 19.9 Å². The van der Waals surface area contributed by atoms with Gasteiger partial charge in [0.1, 0.15) is 10.3 Å². The number of aryl methyl sites for hydroxylation is 2. The Morgan fingerprint density at radius 3 is 1.78 bits per heavy atom. The Hall–Kier alpha value is -4.21. The number of aliphatic imine (C=N–C) groups is 1. The number of urea groups is 1. The van der Waals surface area contributed by atoms with Gasteiger partial charge in [0.15, 0.2) is 0 Å². The topological polar surface area (TPSA) is 148 Å². The zero-order chi connectivity index (χ0) is 34.8. The fraction of sp³-hybridized carbons (Fsp3) is 0.154. The molecule has 10 nitrogen and oxygen atoms in total. The predicted molar refractivity (Wildman–Crippen MR) is 161 cm³/mol. The summed E-state index contributed by atoms with van der Waals surface area (Å²) < 4.78 is 75.0. The van der Waals surface area contributed by atoms with Crippen molar-refractivity contribution in [2.45, 2.75) is 26.2 Å². The van der Waals surface area contributed by atoms with Gasteiger partial charge in [0, 0.05) is 17.1 Å². The maximum absolute atomic E-state index is 12.8. The fourth-order valence-corrected chi connectivity index (χ4v) is 4.01. The van der Waals surface area contributed by atoms with Gasteiger partial charge in [0.2, 0.25) is 18.0 Å². The van der Waals surface area contributed by atoms with Gasteiger partial charge >= 0.3 is 18.4 Å². The molecule has 2 aromatic heterocycles. The first-order valence-corrected chi connectivity index (χ1v) is 13.5. The highest BCUT2D eigenvalue weighted by Gasteiger charge is 2.34. The molecule has 0 aliphatic rings. The Labute approximate surface area is 276 Å². The van der Waals surface area contributed by atoms with Crippen LogP contribution >= 0.6 is 46.4 Å². The van der Waals surface area contributed by atoms with Crippen molar-refractivity contribution < 1.29 is 35.9 Å². The van der Waals surface area contributed by atoms with Gasteiger partial charge in [0.05, 0.1) is 26.9 Å². The summed E-state index contributed by atoms with van der Waals surface area (Å²) in [6.45, 7) is 3.45. The third-order valence-electron chi connectivity index (χ3n) is 4.85. The van der Waals surface area contributed by atoms with Crippen molar-refractivity contribution in [3.8, 4) is 0 Å². The van der Waals surface area contributed by atoms with E-state index in [0.717, 1.165) is 30.0 Å². The highest BCUT2D eigenvalue weighted by molar-refractivity contribution is 6.32. The maximum Gasteiger partial charge on any atom is 0.417 e. The number of carbonyl (C=O) groups excluding carboxylic acids is 2. The number of nitrogens with two attached hydrogens (primary N) is 1. The number of benzene rings is 2. The van der Waals surface area contributed by atoms with Gasteiger partial charge in [-0.2, -0.15) is 31.3 Å². The van der Waals surface area contributed by atoms with Crippen molar-refractivity contribution in [1.29, 1.82) is 0 Å². The number of hydrogen-bond donors (Lipinski definition) is 3. The molecule has 0 saturated carbocycles. The van der Waals surface area contributed by atoms with Crippen LogP contribution in [0, 0.1) is 13.8 Å². The zero-order valence-corrected chi connectivity index (χ0v) is 26.1. The van der Waals surface area contributed by atoms with E-state index in [1.54, 1.807) is 13.0 Å². The number of hydrogen-bond acceptors (Lipinski definition) is 8. The largest absolute Gasteiger partial charge is 0.417 e. The Morgan fingerprint density at radius 2 is 1.28 bits per heavy atom. The molecule has 0 saturated heterocycles. The first-order chi connectivity index (χ1) is 21.3. The minimum Gasteiger partial charge on any atom is -0.368 e. The van der Waals surface area contributed by atoms with E-state index in [-0.39, 0.29) is 28.4 Å². The average Bonchev–Trinajstić information content (AvgIpc) is 2.89. The molecule has 4 aromatic rings. The lowest BCUT2D eigenvalue weighted by molar-refractivity contribution is -0.138. The van der Waals surface area contributed by atoms with E-state index in [1.807, 2.05) is 6.92 Å². The monoisotopic (exact) mass is 728 g/mol. The highest BCUT2D eigenvalue weighted by Crippen LogP contribution is 2.37. The number of carbonyl (C=O) groups is 1. The van der Waals surface area contributed by atoms with Gasteiger partial charge in [0.25, 0.3) is 0 Å². The number of nitrogens with zero attached hydrogens (tertiary/aromatic N) is 5. The number of amides is 2. The number of halogens is 10. The Kier molecular flexibility index (Phi) is 13.5. The smallest absolute Gasteiger partial charge is 0.368 e. The highest BCUT2D eigenvalue weighted by atomic mass is 35.5. The van der Waals surface area contributed by atoms with E-state index in [1.165, 1.54) is 18.2 Å². The minimum atomic E-state index is -4.63. The molecule has 4 N–H and O–H groups in total. The normalized spacial score (nSPS) is 10.8. The van der Waals surface area contributed by atoms with Crippen LogP contribution in [0.5, 0.6) is 0 Å². The van der Waals surface area contributed by atoms with Gasteiger partial charge in [-0.15, -0.1) is 0 Å². The molecule has 2 heterocycles. The van der Waals surface area contributed by atoms with E-state index in [0.29, 0.717) is 16.9 Å². The maximum atomic E-state index is 12.8. The molecular formula is C26H18Cl4F6N8O2. The lowest BCUT2D eigenvalue weighted by Gasteiger charge is -2.12. The number of alkyl halides is 6. The predicted octanol–water partition coefficient (Wildman–Crippen LogP) is 9.10. The van der Waals surface area contributed by atoms with E-state index < -0.39 is 39.6 Å². The number of rotatable bonds is 3. The van der Waals surface area contributed by atoms with Crippen LogP contribution in [-0.2, 0) is 17.1 Å².